The Balaban J connectivity index is 2.30. The minimum atomic E-state index is 0.0758. The van der Waals surface area contributed by atoms with Gasteiger partial charge in [0, 0.05) is 12.1 Å². The van der Waals surface area contributed by atoms with Gasteiger partial charge in [-0.2, -0.15) is 0 Å². The van der Waals surface area contributed by atoms with E-state index in [-0.39, 0.29) is 5.91 Å². The van der Waals surface area contributed by atoms with E-state index < -0.39 is 0 Å². The van der Waals surface area contributed by atoms with Gasteiger partial charge < -0.3 is 0 Å². The molecule has 2 heteroatoms. The zero-order valence-corrected chi connectivity index (χ0v) is 8.68. The molecular weight excluding hydrogens is 162 g/mol. The third-order valence-electron chi connectivity index (χ3n) is 2.54. The van der Waals surface area contributed by atoms with Crippen LogP contribution in [-0.4, -0.2) is 11.6 Å². The van der Waals surface area contributed by atoms with Crippen LogP contribution in [0.4, 0.5) is 0 Å². The van der Waals surface area contributed by atoms with Gasteiger partial charge in [0.05, 0.1) is 0 Å². The highest BCUT2D eigenvalue weighted by atomic mass is 16.1. The molecule has 0 saturated heterocycles. The van der Waals surface area contributed by atoms with E-state index in [1.165, 1.54) is 32.1 Å². The van der Waals surface area contributed by atoms with Crippen molar-refractivity contribution in [1.82, 2.24) is 0 Å². The van der Waals surface area contributed by atoms with Crippen LogP contribution in [0, 0.1) is 5.92 Å². The number of hydrogen-bond acceptors (Lipinski definition) is 1. The van der Waals surface area contributed by atoms with Gasteiger partial charge in [-0.15, -0.1) is 0 Å². The Kier molecular flexibility index (Phi) is 4.13. The van der Waals surface area contributed by atoms with Gasteiger partial charge in [0.25, 0.3) is 0 Å². The molecule has 1 fully saturated rings. The predicted octanol–water partition coefficient (Wildman–Crippen LogP) is 2.96. The smallest absolute Gasteiger partial charge is 0.245 e. The summed E-state index contributed by atoms with van der Waals surface area (Å²) in [5, 5.41) is 0. The van der Waals surface area contributed by atoms with Crippen molar-refractivity contribution in [2.75, 3.05) is 0 Å². The first-order valence-corrected chi connectivity index (χ1v) is 5.23. The van der Waals surface area contributed by atoms with Gasteiger partial charge in [0.15, 0.2) is 0 Å². The lowest BCUT2D eigenvalue weighted by molar-refractivity contribution is -0.118. The van der Waals surface area contributed by atoms with E-state index in [2.05, 4.69) is 4.99 Å². The first-order chi connectivity index (χ1) is 6.18. The molecule has 1 aliphatic carbocycles. The van der Waals surface area contributed by atoms with Crippen LogP contribution < -0.4 is 0 Å². The van der Waals surface area contributed by atoms with Gasteiger partial charge in [-0.05, 0) is 32.6 Å². The topological polar surface area (TPSA) is 29.4 Å². The Hall–Kier alpha value is -0.660. The zero-order chi connectivity index (χ0) is 9.68. The van der Waals surface area contributed by atoms with Gasteiger partial charge in [0.1, 0.15) is 0 Å². The average molecular weight is 181 g/mol. The summed E-state index contributed by atoms with van der Waals surface area (Å²) in [4.78, 5) is 15.3. The van der Waals surface area contributed by atoms with Crippen LogP contribution in [0.25, 0.3) is 0 Å². The second-order valence-corrected chi connectivity index (χ2v) is 4.16. The Morgan fingerprint density at radius 1 is 1.23 bits per heavy atom. The number of hydrogen-bond donors (Lipinski definition) is 0. The highest BCUT2D eigenvalue weighted by molar-refractivity contribution is 5.93. The molecule has 0 aromatic heterocycles. The van der Waals surface area contributed by atoms with Gasteiger partial charge in [-0.25, -0.2) is 4.99 Å². The lowest BCUT2D eigenvalue weighted by atomic mass is 9.87. The predicted molar refractivity (Wildman–Crippen MR) is 55.0 cm³/mol. The van der Waals surface area contributed by atoms with Crippen LogP contribution in [-0.2, 0) is 4.79 Å². The van der Waals surface area contributed by atoms with Crippen LogP contribution in [0.5, 0.6) is 0 Å². The second-order valence-electron chi connectivity index (χ2n) is 4.16. The molecule has 0 aliphatic heterocycles. The molecule has 0 unspecified atom stereocenters. The van der Waals surface area contributed by atoms with Crippen molar-refractivity contribution in [3.05, 3.63) is 0 Å². The third kappa shape index (κ3) is 4.20. The Morgan fingerprint density at radius 2 is 1.85 bits per heavy atom. The highest BCUT2D eigenvalue weighted by Gasteiger charge is 2.16. The van der Waals surface area contributed by atoms with Gasteiger partial charge >= 0.3 is 0 Å². The lowest BCUT2D eigenvalue weighted by Crippen LogP contribution is -2.11. The van der Waals surface area contributed by atoms with Crippen LogP contribution in [0.2, 0.25) is 0 Å². The molecular formula is C11H19NO. The summed E-state index contributed by atoms with van der Waals surface area (Å²) in [7, 11) is 0. The van der Waals surface area contributed by atoms with Crippen LogP contribution in [0.1, 0.15) is 52.4 Å². The molecule has 0 N–H and O–H groups in total. The van der Waals surface area contributed by atoms with Crippen molar-refractivity contribution in [1.29, 1.82) is 0 Å². The first kappa shape index (κ1) is 10.4. The molecule has 0 radical (unpaired) electrons. The quantitative estimate of drug-likeness (QED) is 0.602. The van der Waals surface area contributed by atoms with Gasteiger partial charge in [-0.3, -0.25) is 4.79 Å². The minimum absolute atomic E-state index is 0.0758. The standard InChI is InChI=1S/C11H19NO/c1-9(2)12-11(13)8-10-6-4-3-5-7-10/h10H,3-8H2,1-2H3. The van der Waals surface area contributed by atoms with Crippen molar-refractivity contribution in [2.45, 2.75) is 52.4 Å². The normalized spacial score (nSPS) is 18.3. The summed E-state index contributed by atoms with van der Waals surface area (Å²) in [5.41, 5.74) is 0.876. The van der Waals surface area contributed by atoms with E-state index in [4.69, 9.17) is 0 Å². The Labute approximate surface area is 80.4 Å². The van der Waals surface area contributed by atoms with E-state index in [9.17, 15) is 4.79 Å². The monoisotopic (exact) mass is 181 g/mol. The molecule has 1 aliphatic rings. The molecule has 1 saturated carbocycles. The lowest BCUT2D eigenvalue weighted by Gasteiger charge is -2.19. The fourth-order valence-corrected chi connectivity index (χ4v) is 1.93. The summed E-state index contributed by atoms with van der Waals surface area (Å²) in [6.45, 7) is 3.75. The molecule has 0 spiro atoms. The van der Waals surface area contributed by atoms with E-state index in [1.54, 1.807) is 0 Å². The summed E-state index contributed by atoms with van der Waals surface area (Å²) < 4.78 is 0. The van der Waals surface area contributed by atoms with E-state index in [0.717, 1.165) is 5.71 Å². The largest absolute Gasteiger partial charge is 0.273 e. The highest BCUT2D eigenvalue weighted by Crippen LogP contribution is 2.26. The maximum Gasteiger partial charge on any atom is 0.245 e. The number of carbonyl (C=O) groups is 1. The number of nitrogens with zero attached hydrogens (tertiary/aromatic N) is 1. The van der Waals surface area contributed by atoms with Crippen molar-refractivity contribution >= 4 is 11.6 Å². The fraction of sp³-hybridized carbons (Fsp3) is 0.818. The van der Waals surface area contributed by atoms with Gasteiger partial charge in [-0.1, -0.05) is 19.3 Å². The number of carbonyl (C=O) groups excluding carboxylic acids is 1. The average Bonchev–Trinajstić information content (AvgIpc) is 2.04. The summed E-state index contributed by atoms with van der Waals surface area (Å²) in [6.07, 6.45) is 7.07. The minimum Gasteiger partial charge on any atom is -0.273 e. The van der Waals surface area contributed by atoms with E-state index >= 15 is 0 Å². The van der Waals surface area contributed by atoms with Crippen molar-refractivity contribution in [3.8, 4) is 0 Å². The van der Waals surface area contributed by atoms with E-state index in [1.807, 2.05) is 13.8 Å². The molecule has 0 aromatic carbocycles. The molecule has 1 rings (SSSR count). The second kappa shape index (κ2) is 5.15. The summed E-state index contributed by atoms with van der Waals surface area (Å²) in [6, 6.07) is 0. The maximum absolute atomic E-state index is 11.3. The molecule has 0 atom stereocenters. The number of aliphatic imine (C=N–C) groups is 1. The van der Waals surface area contributed by atoms with Gasteiger partial charge in [0.2, 0.25) is 5.91 Å². The third-order valence-corrected chi connectivity index (χ3v) is 2.54. The maximum atomic E-state index is 11.3. The van der Waals surface area contributed by atoms with Crippen LogP contribution in [0.15, 0.2) is 4.99 Å². The number of amides is 1. The van der Waals surface area contributed by atoms with Crippen LogP contribution in [0.3, 0.4) is 0 Å². The van der Waals surface area contributed by atoms with E-state index in [0.29, 0.717) is 12.3 Å². The van der Waals surface area contributed by atoms with Crippen molar-refractivity contribution in [3.63, 3.8) is 0 Å². The molecule has 13 heavy (non-hydrogen) atoms. The molecule has 0 bridgehead atoms. The molecule has 74 valence electrons. The molecule has 0 aromatic rings. The number of rotatable bonds is 2. The Bertz CT molecular complexity index is 198. The summed E-state index contributed by atoms with van der Waals surface area (Å²) in [5.74, 6) is 0.691. The van der Waals surface area contributed by atoms with Crippen molar-refractivity contribution < 1.29 is 4.79 Å². The Morgan fingerprint density at radius 3 is 2.38 bits per heavy atom. The van der Waals surface area contributed by atoms with Crippen molar-refractivity contribution in [2.24, 2.45) is 10.9 Å². The van der Waals surface area contributed by atoms with Crippen LogP contribution >= 0.6 is 0 Å². The SMILES string of the molecule is CC(C)=NC(=O)CC1CCCCC1. The molecule has 2 nitrogen and oxygen atoms in total. The molecule has 1 amide bonds. The molecule has 0 heterocycles. The fourth-order valence-electron chi connectivity index (χ4n) is 1.93. The zero-order valence-electron chi connectivity index (χ0n) is 8.68. The summed E-state index contributed by atoms with van der Waals surface area (Å²) >= 11 is 0. The first-order valence-electron chi connectivity index (χ1n) is 5.23.